The fraction of sp³-hybridized carbons (Fsp3) is 0.526. The quantitative estimate of drug-likeness (QED) is 0.845. The third-order valence-electron chi connectivity index (χ3n) is 5.28. The molecule has 3 nitrogen and oxygen atoms in total. The van der Waals surface area contributed by atoms with Crippen molar-refractivity contribution >= 4 is 16.8 Å². The van der Waals surface area contributed by atoms with Crippen molar-refractivity contribution in [1.82, 2.24) is 9.47 Å². The van der Waals surface area contributed by atoms with Gasteiger partial charge < -0.3 is 9.47 Å². The molecule has 2 aromatic rings. The van der Waals surface area contributed by atoms with E-state index in [1.807, 2.05) is 0 Å². The second-order valence-corrected chi connectivity index (χ2v) is 6.46. The van der Waals surface area contributed by atoms with Gasteiger partial charge in [-0.1, -0.05) is 25.1 Å². The van der Waals surface area contributed by atoms with Crippen LogP contribution in [0.5, 0.6) is 0 Å². The zero-order valence-corrected chi connectivity index (χ0v) is 13.9. The molecule has 1 aromatic carbocycles. The van der Waals surface area contributed by atoms with E-state index in [0.717, 1.165) is 25.8 Å². The van der Waals surface area contributed by atoms with Crippen LogP contribution in [0.4, 0.5) is 0 Å². The zero-order valence-electron chi connectivity index (χ0n) is 13.9. The first-order chi connectivity index (χ1) is 10.6. The summed E-state index contributed by atoms with van der Waals surface area (Å²) in [6.07, 6.45) is 5.17. The minimum atomic E-state index is 0.297. The van der Waals surface area contributed by atoms with E-state index in [-0.39, 0.29) is 0 Å². The van der Waals surface area contributed by atoms with Gasteiger partial charge in [0.2, 0.25) is 5.91 Å². The highest BCUT2D eigenvalue weighted by Crippen LogP contribution is 2.27. The Morgan fingerprint density at radius 2 is 2.05 bits per heavy atom. The van der Waals surface area contributed by atoms with Gasteiger partial charge in [0.15, 0.2) is 0 Å². The van der Waals surface area contributed by atoms with Crippen LogP contribution in [0.1, 0.15) is 43.9 Å². The summed E-state index contributed by atoms with van der Waals surface area (Å²) >= 11 is 0. The third-order valence-corrected chi connectivity index (χ3v) is 5.28. The van der Waals surface area contributed by atoms with Gasteiger partial charge in [0.05, 0.1) is 6.42 Å². The summed E-state index contributed by atoms with van der Waals surface area (Å²) in [5.41, 5.74) is 3.62. The highest BCUT2D eigenvalue weighted by atomic mass is 16.2. The molecule has 1 amide bonds. The highest BCUT2D eigenvalue weighted by Gasteiger charge is 2.26. The lowest BCUT2D eigenvalue weighted by Gasteiger charge is -2.35. The number of piperidine rings is 1. The minimum Gasteiger partial charge on any atom is -0.348 e. The average molecular weight is 298 g/mol. The van der Waals surface area contributed by atoms with Crippen LogP contribution in [0.2, 0.25) is 0 Å². The lowest BCUT2D eigenvalue weighted by atomic mass is 9.98. The molecule has 3 rings (SSSR count). The normalized spacial score (nSPS) is 18.9. The van der Waals surface area contributed by atoms with Crippen LogP contribution in [-0.2, 0) is 18.3 Å². The topological polar surface area (TPSA) is 25.2 Å². The number of nitrogens with zero attached hydrogens (tertiary/aromatic N) is 2. The van der Waals surface area contributed by atoms with Crippen molar-refractivity contribution in [3.05, 3.63) is 35.5 Å². The number of aryl methyl sites for hydroxylation is 1. The number of rotatable bonds is 3. The molecule has 0 bridgehead atoms. The number of carbonyl (C=O) groups is 1. The van der Waals surface area contributed by atoms with Crippen LogP contribution in [-0.4, -0.2) is 28.0 Å². The molecule has 0 spiro atoms. The number of fused-ring (bicyclic) bond motifs is 1. The lowest BCUT2D eigenvalue weighted by Crippen LogP contribution is -2.44. The number of carbonyl (C=O) groups excluding carboxylic acids is 1. The van der Waals surface area contributed by atoms with Crippen LogP contribution < -0.4 is 0 Å². The number of aromatic nitrogens is 1. The smallest absolute Gasteiger partial charge is 0.227 e. The Morgan fingerprint density at radius 1 is 1.27 bits per heavy atom. The van der Waals surface area contributed by atoms with Crippen LogP contribution in [0.15, 0.2) is 24.3 Å². The molecule has 1 aromatic heterocycles. The van der Waals surface area contributed by atoms with Crippen molar-refractivity contribution in [2.24, 2.45) is 7.05 Å². The molecule has 0 N–H and O–H groups in total. The highest BCUT2D eigenvalue weighted by molar-refractivity contribution is 5.90. The van der Waals surface area contributed by atoms with E-state index in [0.29, 0.717) is 18.4 Å². The summed E-state index contributed by atoms with van der Waals surface area (Å²) in [6.45, 7) is 5.25. The van der Waals surface area contributed by atoms with E-state index in [2.05, 4.69) is 54.6 Å². The van der Waals surface area contributed by atoms with Gasteiger partial charge in [-0.05, 0) is 44.2 Å². The second-order valence-electron chi connectivity index (χ2n) is 6.46. The summed E-state index contributed by atoms with van der Waals surface area (Å²) < 4.78 is 2.20. The minimum absolute atomic E-state index is 0.297. The van der Waals surface area contributed by atoms with E-state index in [1.165, 1.54) is 28.6 Å². The molecule has 3 heteroatoms. The Labute approximate surface area is 132 Å². The summed E-state index contributed by atoms with van der Waals surface area (Å²) in [7, 11) is 2.08. The van der Waals surface area contributed by atoms with Crippen molar-refractivity contribution in [3.63, 3.8) is 0 Å². The number of likely N-dealkylation sites (tertiary alicyclic amines) is 1. The first kappa shape index (κ1) is 15.1. The third kappa shape index (κ3) is 2.53. The molecule has 1 aliphatic rings. The molecule has 22 heavy (non-hydrogen) atoms. The van der Waals surface area contributed by atoms with Gasteiger partial charge >= 0.3 is 0 Å². The van der Waals surface area contributed by atoms with E-state index >= 15 is 0 Å². The summed E-state index contributed by atoms with van der Waals surface area (Å²) in [6, 6.07) is 8.83. The Bertz CT molecular complexity index is 686. The maximum absolute atomic E-state index is 12.9. The number of hydrogen-bond acceptors (Lipinski definition) is 1. The Morgan fingerprint density at radius 3 is 2.82 bits per heavy atom. The second kappa shape index (κ2) is 6.15. The Hall–Kier alpha value is -1.77. The number of benzene rings is 1. The van der Waals surface area contributed by atoms with Crippen molar-refractivity contribution in [1.29, 1.82) is 0 Å². The first-order valence-electron chi connectivity index (χ1n) is 8.45. The van der Waals surface area contributed by atoms with E-state index in [1.54, 1.807) is 0 Å². The SMILES string of the molecule is CCC1CCCCN1C(=O)Cc1c(C)n(C)c2ccccc12. The summed E-state index contributed by atoms with van der Waals surface area (Å²) in [5, 5.41) is 1.22. The van der Waals surface area contributed by atoms with Crippen molar-refractivity contribution in [3.8, 4) is 0 Å². The maximum Gasteiger partial charge on any atom is 0.227 e. The monoisotopic (exact) mass is 298 g/mol. The van der Waals surface area contributed by atoms with E-state index in [9.17, 15) is 4.79 Å². The molecular formula is C19H26N2O. The predicted octanol–water partition coefficient (Wildman–Crippen LogP) is 3.82. The molecule has 2 heterocycles. The van der Waals surface area contributed by atoms with Crippen LogP contribution in [0.25, 0.3) is 10.9 Å². The van der Waals surface area contributed by atoms with Crippen LogP contribution in [0.3, 0.4) is 0 Å². The Balaban J connectivity index is 1.89. The van der Waals surface area contributed by atoms with Gasteiger partial charge in [-0.25, -0.2) is 0 Å². The van der Waals surface area contributed by atoms with Gasteiger partial charge in [0, 0.05) is 36.2 Å². The fourth-order valence-electron chi connectivity index (χ4n) is 3.83. The molecule has 1 aliphatic heterocycles. The van der Waals surface area contributed by atoms with E-state index < -0.39 is 0 Å². The number of amides is 1. The van der Waals surface area contributed by atoms with E-state index in [4.69, 9.17) is 0 Å². The molecule has 0 radical (unpaired) electrons. The number of hydrogen-bond donors (Lipinski definition) is 0. The first-order valence-corrected chi connectivity index (χ1v) is 8.45. The van der Waals surface area contributed by atoms with Gasteiger partial charge in [0.25, 0.3) is 0 Å². The summed E-state index contributed by atoms with van der Waals surface area (Å²) in [4.78, 5) is 15.0. The molecule has 1 saturated heterocycles. The van der Waals surface area contributed by atoms with Gasteiger partial charge in [-0.2, -0.15) is 0 Å². The van der Waals surface area contributed by atoms with Crippen LogP contribution >= 0.6 is 0 Å². The molecular weight excluding hydrogens is 272 g/mol. The Kier molecular flexibility index (Phi) is 4.23. The molecule has 0 aliphatic carbocycles. The van der Waals surface area contributed by atoms with Crippen molar-refractivity contribution in [2.45, 2.75) is 52.0 Å². The molecule has 0 saturated carbocycles. The lowest BCUT2D eigenvalue weighted by molar-refractivity contribution is -0.134. The molecule has 118 valence electrons. The van der Waals surface area contributed by atoms with Gasteiger partial charge in [-0.15, -0.1) is 0 Å². The maximum atomic E-state index is 12.9. The number of para-hydroxylation sites is 1. The molecule has 1 unspecified atom stereocenters. The van der Waals surface area contributed by atoms with Crippen molar-refractivity contribution < 1.29 is 4.79 Å². The fourth-order valence-corrected chi connectivity index (χ4v) is 3.83. The zero-order chi connectivity index (χ0) is 15.7. The summed E-state index contributed by atoms with van der Waals surface area (Å²) in [5.74, 6) is 0.297. The van der Waals surface area contributed by atoms with Gasteiger partial charge in [-0.3, -0.25) is 4.79 Å². The molecule has 1 atom stereocenters. The standard InChI is InChI=1S/C19H26N2O/c1-4-15-9-7-8-12-21(15)19(22)13-17-14(2)20(3)18-11-6-5-10-16(17)18/h5-6,10-11,15H,4,7-9,12-13H2,1-3H3. The van der Waals surface area contributed by atoms with Crippen LogP contribution in [0, 0.1) is 6.92 Å². The van der Waals surface area contributed by atoms with Gasteiger partial charge in [0.1, 0.15) is 0 Å². The molecule has 1 fully saturated rings. The van der Waals surface area contributed by atoms with Crippen molar-refractivity contribution in [2.75, 3.05) is 6.54 Å². The predicted molar refractivity (Wildman–Crippen MR) is 91.0 cm³/mol. The largest absolute Gasteiger partial charge is 0.348 e. The average Bonchev–Trinajstić information content (AvgIpc) is 2.80.